The Hall–Kier alpha value is -1.91. The topological polar surface area (TPSA) is 85.4 Å². The number of aryl methyl sites for hydroxylation is 1. The van der Waals surface area contributed by atoms with Crippen LogP contribution in [0.3, 0.4) is 0 Å². The second kappa shape index (κ2) is 7.14. The average Bonchev–Trinajstić information content (AvgIpc) is 3.21. The summed E-state index contributed by atoms with van der Waals surface area (Å²) in [6, 6.07) is 2.66. The molecular weight excluding hydrogens is 318 g/mol. The minimum absolute atomic E-state index is 0.0532. The van der Waals surface area contributed by atoms with Crippen LogP contribution in [0.25, 0.3) is 0 Å². The molecule has 1 amide bonds. The molecule has 0 aromatic carbocycles. The summed E-state index contributed by atoms with van der Waals surface area (Å²) in [5.41, 5.74) is -0.712. The number of carbonyl (C=O) groups is 1. The van der Waals surface area contributed by atoms with Crippen LogP contribution in [0.15, 0.2) is 10.6 Å². The third-order valence-electron chi connectivity index (χ3n) is 5.32. The summed E-state index contributed by atoms with van der Waals surface area (Å²) in [5, 5.41) is 12.3. The van der Waals surface area contributed by atoms with Gasteiger partial charge in [-0.1, -0.05) is 0 Å². The normalized spacial score (nSPS) is 23.4. The lowest BCUT2D eigenvalue weighted by Gasteiger charge is -2.25. The van der Waals surface area contributed by atoms with Crippen molar-refractivity contribution in [3.8, 4) is 6.07 Å². The molecule has 2 fully saturated rings. The molecule has 1 N–H and O–H groups in total. The summed E-state index contributed by atoms with van der Waals surface area (Å²) in [6.07, 6.45) is 4.81. The zero-order valence-corrected chi connectivity index (χ0v) is 15.3. The predicted octanol–water partition coefficient (Wildman–Crippen LogP) is 1.30. The molecule has 0 bridgehead atoms. The van der Waals surface area contributed by atoms with Crippen LogP contribution in [-0.2, 0) is 11.3 Å². The van der Waals surface area contributed by atoms with E-state index in [4.69, 9.17) is 4.42 Å². The van der Waals surface area contributed by atoms with Gasteiger partial charge in [0.1, 0.15) is 11.3 Å². The Morgan fingerprint density at radius 1 is 1.56 bits per heavy atom. The van der Waals surface area contributed by atoms with Crippen LogP contribution in [0.4, 0.5) is 0 Å². The first-order valence-corrected chi connectivity index (χ1v) is 8.96. The molecule has 2 heterocycles. The summed E-state index contributed by atoms with van der Waals surface area (Å²) < 4.78 is 5.54. The Bertz CT molecular complexity index is 663. The third-order valence-corrected chi connectivity index (χ3v) is 5.32. The number of likely N-dealkylation sites (N-methyl/N-ethyl adjacent to an activating group) is 1. The number of rotatable bonds is 7. The number of hydrogen-bond acceptors (Lipinski definition) is 6. The quantitative estimate of drug-likeness (QED) is 0.802. The molecule has 1 aromatic heterocycles. The SMILES string of the molecule is Cc1cnc(CN(C)[C@H]2CCN(CC(=O)N[C@@](C)(C#N)C3CC3)C2)o1. The number of carbonyl (C=O) groups excluding carboxylic acids is 1. The Kier molecular flexibility index (Phi) is 5.11. The van der Waals surface area contributed by atoms with E-state index in [1.54, 1.807) is 6.20 Å². The number of aromatic nitrogens is 1. The molecule has 136 valence electrons. The number of likely N-dealkylation sites (tertiary alicyclic amines) is 1. The van der Waals surface area contributed by atoms with Crippen LogP contribution < -0.4 is 5.32 Å². The van der Waals surface area contributed by atoms with Crippen LogP contribution in [0.5, 0.6) is 0 Å². The van der Waals surface area contributed by atoms with E-state index in [0.29, 0.717) is 25.0 Å². The lowest BCUT2D eigenvalue weighted by molar-refractivity contribution is -0.123. The largest absolute Gasteiger partial charge is 0.445 e. The first-order valence-electron chi connectivity index (χ1n) is 8.96. The van der Waals surface area contributed by atoms with Gasteiger partial charge in [0.25, 0.3) is 0 Å². The van der Waals surface area contributed by atoms with Crippen LogP contribution >= 0.6 is 0 Å². The van der Waals surface area contributed by atoms with E-state index < -0.39 is 5.54 Å². The molecule has 0 spiro atoms. The maximum Gasteiger partial charge on any atom is 0.235 e. The molecule has 2 aliphatic rings. The summed E-state index contributed by atoms with van der Waals surface area (Å²) in [7, 11) is 2.06. The summed E-state index contributed by atoms with van der Waals surface area (Å²) >= 11 is 0. The predicted molar refractivity (Wildman–Crippen MR) is 92.4 cm³/mol. The van der Waals surface area contributed by atoms with E-state index >= 15 is 0 Å². The first-order chi connectivity index (χ1) is 11.9. The van der Waals surface area contributed by atoms with Crippen molar-refractivity contribution < 1.29 is 9.21 Å². The fourth-order valence-corrected chi connectivity index (χ4v) is 3.55. The number of nitrogens with one attached hydrogen (secondary N) is 1. The highest BCUT2D eigenvalue weighted by Gasteiger charge is 2.43. The number of oxazole rings is 1. The molecule has 3 rings (SSSR count). The smallest absolute Gasteiger partial charge is 0.235 e. The highest BCUT2D eigenvalue weighted by atomic mass is 16.4. The van der Waals surface area contributed by atoms with E-state index in [1.807, 2.05) is 13.8 Å². The van der Waals surface area contributed by atoms with Crippen molar-refractivity contribution in [1.82, 2.24) is 20.1 Å². The number of amides is 1. The van der Waals surface area contributed by atoms with Crippen molar-refractivity contribution in [3.05, 3.63) is 17.8 Å². The van der Waals surface area contributed by atoms with Crippen molar-refractivity contribution in [3.63, 3.8) is 0 Å². The average molecular weight is 345 g/mol. The third kappa shape index (κ3) is 4.39. The number of hydrogen-bond donors (Lipinski definition) is 1. The Morgan fingerprint density at radius 2 is 2.32 bits per heavy atom. The van der Waals surface area contributed by atoms with Crippen LogP contribution in [0.1, 0.15) is 37.8 Å². The first kappa shape index (κ1) is 17.9. The molecule has 2 atom stereocenters. The summed E-state index contributed by atoms with van der Waals surface area (Å²) in [4.78, 5) is 21.0. The van der Waals surface area contributed by atoms with Gasteiger partial charge in [0, 0.05) is 19.1 Å². The Labute approximate surface area is 149 Å². The van der Waals surface area contributed by atoms with E-state index in [1.165, 1.54) is 0 Å². The van der Waals surface area contributed by atoms with E-state index in [2.05, 4.69) is 33.2 Å². The molecule has 1 aromatic rings. The van der Waals surface area contributed by atoms with Gasteiger partial charge in [-0.2, -0.15) is 5.26 Å². The van der Waals surface area contributed by atoms with Crippen LogP contribution in [-0.4, -0.2) is 59.0 Å². The molecule has 0 radical (unpaired) electrons. The standard InChI is InChI=1S/C18H27N5O2/c1-13-8-20-17(25-13)11-22(3)15-6-7-23(9-15)10-16(24)21-18(2,12-19)14-4-5-14/h8,14-15H,4-7,9-11H2,1-3H3,(H,21,24)/t15-,18-/m0/s1. The number of nitrogens with zero attached hydrogens (tertiary/aromatic N) is 4. The Morgan fingerprint density at radius 3 is 2.92 bits per heavy atom. The van der Waals surface area contributed by atoms with Crippen molar-refractivity contribution >= 4 is 5.91 Å². The van der Waals surface area contributed by atoms with Crippen molar-refractivity contribution in [1.29, 1.82) is 5.26 Å². The van der Waals surface area contributed by atoms with Crippen LogP contribution in [0.2, 0.25) is 0 Å². The van der Waals surface area contributed by atoms with Crippen molar-refractivity contribution in [2.24, 2.45) is 5.92 Å². The lowest BCUT2D eigenvalue weighted by Crippen LogP contribution is -2.50. The van der Waals surface area contributed by atoms with Gasteiger partial charge in [-0.15, -0.1) is 0 Å². The van der Waals surface area contributed by atoms with Gasteiger partial charge >= 0.3 is 0 Å². The van der Waals surface area contributed by atoms with E-state index in [-0.39, 0.29) is 5.91 Å². The second-order valence-electron chi connectivity index (χ2n) is 7.59. The highest BCUT2D eigenvalue weighted by molar-refractivity contribution is 5.79. The minimum atomic E-state index is -0.712. The summed E-state index contributed by atoms with van der Waals surface area (Å²) in [6.45, 7) is 6.49. The van der Waals surface area contributed by atoms with Gasteiger partial charge in [-0.25, -0.2) is 4.98 Å². The van der Waals surface area contributed by atoms with Crippen molar-refractivity contribution in [2.45, 2.75) is 51.2 Å². The molecule has 1 aliphatic carbocycles. The van der Waals surface area contributed by atoms with Gasteiger partial charge in [0.15, 0.2) is 0 Å². The molecule has 25 heavy (non-hydrogen) atoms. The zero-order valence-electron chi connectivity index (χ0n) is 15.3. The fourth-order valence-electron chi connectivity index (χ4n) is 3.55. The molecule has 1 saturated carbocycles. The van der Waals surface area contributed by atoms with Gasteiger partial charge in [-0.3, -0.25) is 14.6 Å². The van der Waals surface area contributed by atoms with E-state index in [0.717, 1.165) is 44.0 Å². The molecular formula is C18H27N5O2. The minimum Gasteiger partial charge on any atom is -0.445 e. The lowest BCUT2D eigenvalue weighted by atomic mass is 9.98. The molecule has 7 heteroatoms. The fraction of sp³-hybridized carbons (Fsp3) is 0.722. The monoisotopic (exact) mass is 345 g/mol. The van der Waals surface area contributed by atoms with Gasteiger partial charge in [0.05, 0.1) is 25.4 Å². The number of nitriles is 1. The molecule has 1 saturated heterocycles. The second-order valence-corrected chi connectivity index (χ2v) is 7.59. The van der Waals surface area contributed by atoms with Crippen LogP contribution in [0, 0.1) is 24.2 Å². The van der Waals surface area contributed by atoms with E-state index in [9.17, 15) is 10.1 Å². The van der Waals surface area contributed by atoms with Gasteiger partial charge in [0.2, 0.25) is 11.8 Å². The Balaban J connectivity index is 1.46. The maximum atomic E-state index is 12.3. The highest BCUT2D eigenvalue weighted by Crippen LogP contribution is 2.39. The van der Waals surface area contributed by atoms with Gasteiger partial charge in [-0.05, 0) is 46.1 Å². The zero-order chi connectivity index (χ0) is 18.0. The van der Waals surface area contributed by atoms with Gasteiger partial charge < -0.3 is 9.73 Å². The molecule has 7 nitrogen and oxygen atoms in total. The maximum absolute atomic E-state index is 12.3. The van der Waals surface area contributed by atoms with Crippen molar-refractivity contribution in [2.75, 3.05) is 26.7 Å². The summed E-state index contributed by atoms with van der Waals surface area (Å²) in [5.74, 6) is 1.81. The molecule has 1 aliphatic heterocycles. The molecule has 0 unspecified atom stereocenters.